The van der Waals surface area contributed by atoms with E-state index < -0.39 is 36.3 Å². The standard InChI is InChI=1S/C11H13N3O6/c1-2-11(5-15)8(17)7(16)9(20-11)14-4-3-6(13-19)12-10(14)18/h1,3-4,7-9,15-17,19H,5H2,(H,12,13,18)/t7-,8?,9+,11+/m0/s1. The predicted octanol–water partition coefficient (Wildman–Crippen LogP) is -2.34. The lowest BCUT2D eigenvalue weighted by Gasteiger charge is -2.23. The lowest BCUT2D eigenvalue weighted by atomic mass is 9.97. The second-order valence-electron chi connectivity index (χ2n) is 4.25. The highest BCUT2D eigenvalue weighted by atomic mass is 16.6. The third-order valence-corrected chi connectivity index (χ3v) is 3.12. The molecule has 0 amide bonds. The van der Waals surface area contributed by atoms with Crippen molar-refractivity contribution in [2.75, 3.05) is 12.1 Å². The maximum Gasteiger partial charge on any atom is 0.351 e. The maximum absolute atomic E-state index is 11.7. The lowest BCUT2D eigenvalue weighted by Crippen LogP contribution is -2.45. The zero-order valence-electron chi connectivity index (χ0n) is 10.2. The minimum absolute atomic E-state index is 0.0929. The van der Waals surface area contributed by atoms with Crippen LogP contribution in [0.5, 0.6) is 0 Å². The van der Waals surface area contributed by atoms with E-state index >= 15 is 0 Å². The Hall–Kier alpha value is -1.96. The molecule has 2 heterocycles. The fourth-order valence-corrected chi connectivity index (χ4v) is 1.97. The number of ether oxygens (including phenoxy) is 1. The van der Waals surface area contributed by atoms with Crippen LogP contribution < -0.4 is 11.2 Å². The average Bonchev–Trinajstić information content (AvgIpc) is 2.72. The van der Waals surface area contributed by atoms with Crippen LogP contribution in [0.4, 0.5) is 5.82 Å². The van der Waals surface area contributed by atoms with E-state index in [-0.39, 0.29) is 5.82 Å². The molecule has 9 heteroatoms. The van der Waals surface area contributed by atoms with Crippen LogP contribution in [0.2, 0.25) is 0 Å². The van der Waals surface area contributed by atoms with Crippen LogP contribution in [0, 0.1) is 12.3 Å². The molecule has 0 aliphatic carbocycles. The topological polar surface area (TPSA) is 137 Å². The van der Waals surface area contributed by atoms with Crippen molar-refractivity contribution in [1.82, 2.24) is 9.55 Å². The van der Waals surface area contributed by atoms with Gasteiger partial charge in [0.2, 0.25) is 0 Å². The Labute approximate surface area is 113 Å². The van der Waals surface area contributed by atoms with Crippen molar-refractivity contribution < 1.29 is 25.3 Å². The average molecular weight is 283 g/mol. The van der Waals surface area contributed by atoms with Crippen molar-refractivity contribution >= 4 is 5.82 Å². The smallest absolute Gasteiger partial charge is 0.351 e. The van der Waals surface area contributed by atoms with Crippen LogP contribution in [-0.2, 0) is 4.74 Å². The molecule has 2 rings (SSSR count). The molecule has 0 saturated carbocycles. The van der Waals surface area contributed by atoms with Crippen LogP contribution >= 0.6 is 0 Å². The second kappa shape index (κ2) is 5.20. The van der Waals surface area contributed by atoms with E-state index in [0.717, 1.165) is 4.57 Å². The normalized spacial score (nSPS) is 32.9. The van der Waals surface area contributed by atoms with E-state index in [9.17, 15) is 20.1 Å². The van der Waals surface area contributed by atoms with E-state index in [0.29, 0.717) is 0 Å². The summed E-state index contributed by atoms with van der Waals surface area (Å²) in [6, 6.07) is 1.25. The number of aliphatic hydroxyl groups is 3. The third kappa shape index (κ3) is 2.05. The summed E-state index contributed by atoms with van der Waals surface area (Å²) < 4.78 is 6.16. The monoisotopic (exact) mass is 283 g/mol. The molecule has 108 valence electrons. The molecule has 1 saturated heterocycles. The molecule has 5 N–H and O–H groups in total. The highest BCUT2D eigenvalue weighted by molar-refractivity contribution is 5.28. The summed E-state index contributed by atoms with van der Waals surface area (Å²) in [4.78, 5) is 15.2. The minimum atomic E-state index is -1.79. The van der Waals surface area contributed by atoms with Crippen molar-refractivity contribution in [2.24, 2.45) is 0 Å². The summed E-state index contributed by atoms with van der Waals surface area (Å²) in [5.41, 5.74) is -0.941. The fraction of sp³-hybridized carbons (Fsp3) is 0.455. The van der Waals surface area contributed by atoms with Crippen LogP contribution in [0.3, 0.4) is 0 Å². The summed E-state index contributed by atoms with van der Waals surface area (Å²) in [7, 11) is 0. The molecule has 1 unspecified atom stereocenters. The second-order valence-corrected chi connectivity index (χ2v) is 4.25. The van der Waals surface area contributed by atoms with Gasteiger partial charge in [-0.2, -0.15) is 4.98 Å². The number of hydrogen-bond donors (Lipinski definition) is 5. The molecule has 0 radical (unpaired) electrons. The fourth-order valence-electron chi connectivity index (χ4n) is 1.97. The number of aromatic nitrogens is 2. The lowest BCUT2D eigenvalue weighted by molar-refractivity contribution is -0.0936. The van der Waals surface area contributed by atoms with E-state index in [1.807, 2.05) is 0 Å². The van der Waals surface area contributed by atoms with Gasteiger partial charge in [0.15, 0.2) is 17.6 Å². The summed E-state index contributed by atoms with van der Waals surface area (Å²) >= 11 is 0. The Balaban J connectivity index is 2.40. The van der Waals surface area contributed by atoms with Gasteiger partial charge in [0.05, 0.1) is 6.61 Å². The molecular weight excluding hydrogens is 270 g/mol. The van der Waals surface area contributed by atoms with Gasteiger partial charge in [0, 0.05) is 6.20 Å². The van der Waals surface area contributed by atoms with Crippen molar-refractivity contribution in [3.8, 4) is 12.3 Å². The zero-order valence-corrected chi connectivity index (χ0v) is 10.2. The molecular formula is C11H13N3O6. The number of aliphatic hydroxyl groups excluding tert-OH is 3. The molecule has 1 aliphatic rings. The molecule has 1 aliphatic heterocycles. The van der Waals surface area contributed by atoms with E-state index in [2.05, 4.69) is 10.9 Å². The first-order valence-electron chi connectivity index (χ1n) is 5.61. The zero-order chi connectivity index (χ0) is 14.9. The summed E-state index contributed by atoms with van der Waals surface area (Å²) in [5.74, 6) is 1.99. The molecule has 9 nitrogen and oxygen atoms in total. The molecule has 20 heavy (non-hydrogen) atoms. The van der Waals surface area contributed by atoms with Crippen molar-refractivity contribution in [2.45, 2.75) is 24.0 Å². The SMILES string of the molecule is C#C[C@]1(CO)O[C@@H](n2ccc(NO)nc2=O)[C@@H](O)C1O. The first-order valence-corrected chi connectivity index (χ1v) is 5.61. The Kier molecular flexibility index (Phi) is 3.76. The van der Waals surface area contributed by atoms with Crippen molar-refractivity contribution in [3.05, 3.63) is 22.7 Å². The van der Waals surface area contributed by atoms with Crippen molar-refractivity contribution in [3.63, 3.8) is 0 Å². The number of anilines is 1. The Morgan fingerprint density at radius 3 is 2.75 bits per heavy atom. The molecule has 0 bridgehead atoms. The summed E-state index contributed by atoms with van der Waals surface area (Å²) in [6.07, 6.45) is 2.00. The first-order chi connectivity index (χ1) is 9.49. The largest absolute Gasteiger partial charge is 0.392 e. The molecule has 4 atom stereocenters. The van der Waals surface area contributed by atoms with Gasteiger partial charge in [-0.1, -0.05) is 5.92 Å². The van der Waals surface area contributed by atoms with Gasteiger partial charge in [0.25, 0.3) is 0 Å². The van der Waals surface area contributed by atoms with E-state index in [1.165, 1.54) is 12.3 Å². The number of terminal acetylenes is 1. The Morgan fingerprint density at radius 1 is 1.60 bits per heavy atom. The molecule has 1 aromatic heterocycles. The van der Waals surface area contributed by atoms with E-state index in [1.54, 1.807) is 5.48 Å². The third-order valence-electron chi connectivity index (χ3n) is 3.12. The Morgan fingerprint density at radius 2 is 2.30 bits per heavy atom. The highest BCUT2D eigenvalue weighted by Crippen LogP contribution is 2.35. The van der Waals surface area contributed by atoms with Crippen LogP contribution in [0.25, 0.3) is 0 Å². The minimum Gasteiger partial charge on any atom is -0.392 e. The van der Waals surface area contributed by atoms with Gasteiger partial charge >= 0.3 is 5.69 Å². The van der Waals surface area contributed by atoms with Gasteiger partial charge in [-0.15, -0.1) is 6.42 Å². The number of hydrogen-bond acceptors (Lipinski definition) is 8. The van der Waals surface area contributed by atoms with Gasteiger partial charge in [-0.25, -0.2) is 4.79 Å². The van der Waals surface area contributed by atoms with Crippen LogP contribution in [0.1, 0.15) is 6.23 Å². The van der Waals surface area contributed by atoms with Gasteiger partial charge in [-0.3, -0.25) is 15.3 Å². The van der Waals surface area contributed by atoms with E-state index in [4.69, 9.17) is 16.4 Å². The number of rotatable bonds is 3. The van der Waals surface area contributed by atoms with Crippen LogP contribution in [0.15, 0.2) is 17.1 Å². The van der Waals surface area contributed by atoms with Gasteiger partial charge in [0.1, 0.15) is 12.2 Å². The first kappa shape index (κ1) is 14.4. The van der Waals surface area contributed by atoms with Crippen LogP contribution in [-0.4, -0.2) is 54.5 Å². The summed E-state index contributed by atoms with van der Waals surface area (Å²) in [6.45, 7) is -0.726. The number of nitrogens with zero attached hydrogens (tertiary/aromatic N) is 2. The quantitative estimate of drug-likeness (QED) is 0.307. The molecule has 0 spiro atoms. The van der Waals surface area contributed by atoms with Crippen molar-refractivity contribution in [1.29, 1.82) is 0 Å². The Bertz CT molecular complexity index is 597. The predicted molar refractivity (Wildman–Crippen MR) is 64.7 cm³/mol. The molecule has 0 aromatic carbocycles. The molecule has 1 fully saturated rings. The molecule has 1 aromatic rings. The number of nitrogens with one attached hydrogen (secondary N) is 1. The van der Waals surface area contributed by atoms with Gasteiger partial charge in [-0.05, 0) is 6.07 Å². The highest BCUT2D eigenvalue weighted by Gasteiger charge is 2.54. The van der Waals surface area contributed by atoms with Gasteiger partial charge < -0.3 is 20.1 Å². The maximum atomic E-state index is 11.7. The summed E-state index contributed by atoms with van der Waals surface area (Å²) in [5, 5.41) is 37.7.